The van der Waals surface area contributed by atoms with Crippen molar-refractivity contribution < 1.29 is 13.6 Å². The van der Waals surface area contributed by atoms with Crippen LogP contribution in [0.5, 0.6) is 0 Å². The monoisotopic (exact) mass is 202 g/mol. The van der Waals surface area contributed by atoms with Crippen molar-refractivity contribution >= 4 is 5.78 Å². The number of nitrogens with zero attached hydrogens (tertiary/aromatic N) is 1. The van der Waals surface area contributed by atoms with Crippen LogP contribution in [0.15, 0.2) is 6.20 Å². The number of aromatic amines is 1. The molecular weight excluding hydrogens is 190 g/mol. The lowest BCUT2D eigenvalue weighted by Gasteiger charge is -1.98. The highest BCUT2D eigenvalue weighted by Gasteiger charge is 2.17. The van der Waals surface area contributed by atoms with Crippen LogP contribution in [-0.4, -0.2) is 22.2 Å². The Morgan fingerprint density at radius 2 is 2.21 bits per heavy atom. The van der Waals surface area contributed by atoms with Gasteiger partial charge in [0.15, 0.2) is 0 Å². The number of Topliss-reactive ketones (excluding diaryl/α,β-unsaturated/α-hetero) is 1. The van der Waals surface area contributed by atoms with E-state index in [4.69, 9.17) is 0 Å². The van der Waals surface area contributed by atoms with Crippen molar-refractivity contribution in [3.63, 3.8) is 0 Å². The molecule has 0 bridgehead atoms. The summed E-state index contributed by atoms with van der Waals surface area (Å²) in [5.74, 6) is -0.170. The zero-order valence-electron chi connectivity index (χ0n) is 8.05. The summed E-state index contributed by atoms with van der Waals surface area (Å²) in [6.45, 7) is 3.86. The molecule has 0 aliphatic rings. The SMILES string of the molecule is CC(C)c1ncc(CC(=O)C(F)F)[nH]1. The molecule has 5 heteroatoms. The van der Waals surface area contributed by atoms with Gasteiger partial charge in [0.2, 0.25) is 5.78 Å². The van der Waals surface area contributed by atoms with Gasteiger partial charge in [-0.25, -0.2) is 13.8 Å². The van der Waals surface area contributed by atoms with E-state index in [0.29, 0.717) is 11.5 Å². The molecule has 1 heterocycles. The first kappa shape index (κ1) is 10.8. The molecular formula is C9H12F2N2O. The number of ketones is 1. The molecule has 1 aromatic rings. The minimum Gasteiger partial charge on any atom is -0.345 e. The third kappa shape index (κ3) is 2.61. The molecule has 0 spiro atoms. The fourth-order valence-corrected chi connectivity index (χ4v) is 1.02. The Morgan fingerprint density at radius 1 is 1.57 bits per heavy atom. The molecule has 3 nitrogen and oxygen atoms in total. The molecule has 78 valence electrons. The van der Waals surface area contributed by atoms with E-state index in [1.165, 1.54) is 6.20 Å². The Hall–Kier alpha value is -1.26. The zero-order valence-corrected chi connectivity index (χ0v) is 8.05. The van der Waals surface area contributed by atoms with Crippen molar-refractivity contribution in [1.29, 1.82) is 0 Å². The number of rotatable bonds is 4. The quantitative estimate of drug-likeness (QED) is 0.810. The van der Waals surface area contributed by atoms with E-state index in [0.717, 1.165) is 0 Å². The van der Waals surface area contributed by atoms with Crippen molar-refractivity contribution in [3.05, 3.63) is 17.7 Å². The van der Waals surface area contributed by atoms with Gasteiger partial charge < -0.3 is 4.98 Å². The average Bonchev–Trinajstić information content (AvgIpc) is 2.52. The fraction of sp³-hybridized carbons (Fsp3) is 0.556. The Morgan fingerprint density at radius 3 is 2.64 bits per heavy atom. The predicted molar refractivity (Wildman–Crippen MR) is 47.4 cm³/mol. The summed E-state index contributed by atoms with van der Waals surface area (Å²) in [7, 11) is 0. The minimum atomic E-state index is -2.90. The van der Waals surface area contributed by atoms with Gasteiger partial charge >= 0.3 is 0 Å². The highest BCUT2D eigenvalue weighted by atomic mass is 19.3. The molecule has 14 heavy (non-hydrogen) atoms. The van der Waals surface area contributed by atoms with Crippen LogP contribution in [0.2, 0.25) is 0 Å². The highest BCUT2D eigenvalue weighted by Crippen LogP contribution is 2.10. The second kappa shape index (κ2) is 4.30. The lowest BCUT2D eigenvalue weighted by molar-refractivity contribution is -0.128. The van der Waals surface area contributed by atoms with Crippen LogP contribution in [0.4, 0.5) is 8.78 Å². The maximum Gasteiger partial charge on any atom is 0.296 e. The van der Waals surface area contributed by atoms with Gasteiger partial charge in [-0.05, 0) is 0 Å². The second-order valence-corrected chi connectivity index (χ2v) is 3.39. The molecule has 0 radical (unpaired) electrons. The largest absolute Gasteiger partial charge is 0.345 e. The first-order chi connectivity index (χ1) is 6.50. The first-order valence-corrected chi connectivity index (χ1v) is 4.35. The van der Waals surface area contributed by atoms with Gasteiger partial charge in [0, 0.05) is 17.8 Å². The van der Waals surface area contributed by atoms with E-state index in [2.05, 4.69) is 9.97 Å². The van der Waals surface area contributed by atoms with Crippen LogP contribution >= 0.6 is 0 Å². The van der Waals surface area contributed by atoms with Gasteiger partial charge in [-0.2, -0.15) is 0 Å². The summed E-state index contributed by atoms with van der Waals surface area (Å²) in [5.41, 5.74) is 0.444. The van der Waals surface area contributed by atoms with Crippen molar-refractivity contribution in [1.82, 2.24) is 9.97 Å². The summed E-state index contributed by atoms with van der Waals surface area (Å²) in [6, 6.07) is 0. The topological polar surface area (TPSA) is 45.8 Å². The van der Waals surface area contributed by atoms with Gasteiger partial charge in [0.25, 0.3) is 6.43 Å². The number of carbonyl (C=O) groups is 1. The molecule has 1 N–H and O–H groups in total. The van der Waals surface area contributed by atoms with E-state index in [-0.39, 0.29) is 12.3 Å². The number of nitrogens with one attached hydrogen (secondary N) is 1. The van der Waals surface area contributed by atoms with Crippen LogP contribution in [0, 0.1) is 0 Å². The number of imidazole rings is 1. The number of aromatic nitrogens is 2. The molecule has 0 aromatic carbocycles. The maximum atomic E-state index is 11.9. The molecule has 0 saturated carbocycles. The normalized spacial score (nSPS) is 11.3. The molecule has 0 unspecified atom stereocenters. The van der Waals surface area contributed by atoms with E-state index in [1.54, 1.807) is 0 Å². The standard InChI is InChI=1S/C9H12F2N2O/c1-5(2)9-12-4-6(13-9)3-7(14)8(10)11/h4-5,8H,3H2,1-2H3,(H,12,13). The summed E-state index contributed by atoms with van der Waals surface area (Å²) in [5, 5.41) is 0. The summed E-state index contributed by atoms with van der Waals surface area (Å²) >= 11 is 0. The number of hydrogen-bond acceptors (Lipinski definition) is 2. The van der Waals surface area contributed by atoms with Crippen LogP contribution < -0.4 is 0 Å². The smallest absolute Gasteiger partial charge is 0.296 e. The van der Waals surface area contributed by atoms with Gasteiger partial charge in [-0.15, -0.1) is 0 Å². The minimum absolute atomic E-state index is 0.199. The fourth-order valence-electron chi connectivity index (χ4n) is 1.02. The molecule has 0 fully saturated rings. The van der Waals surface area contributed by atoms with Gasteiger partial charge in [0.05, 0.1) is 6.42 Å². The molecule has 0 amide bonds. The first-order valence-electron chi connectivity index (χ1n) is 4.35. The third-order valence-electron chi connectivity index (χ3n) is 1.80. The molecule has 1 aromatic heterocycles. The third-order valence-corrected chi connectivity index (χ3v) is 1.80. The highest BCUT2D eigenvalue weighted by molar-refractivity contribution is 5.83. The number of hydrogen-bond donors (Lipinski definition) is 1. The second-order valence-electron chi connectivity index (χ2n) is 3.39. The lowest BCUT2D eigenvalue weighted by Crippen LogP contribution is -2.13. The zero-order chi connectivity index (χ0) is 10.7. The summed E-state index contributed by atoms with van der Waals surface area (Å²) < 4.78 is 23.8. The molecule has 0 aliphatic carbocycles. The molecule has 0 aliphatic heterocycles. The average molecular weight is 202 g/mol. The Bertz CT molecular complexity index is 320. The van der Waals surface area contributed by atoms with E-state index >= 15 is 0 Å². The van der Waals surface area contributed by atoms with Gasteiger partial charge in [-0.1, -0.05) is 13.8 Å². The summed E-state index contributed by atoms with van der Waals surface area (Å²) in [6.07, 6.45) is -1.76. The number of H-pyrrole nitrogens is 1. The van der Waals surface area contributed by atoms with Crippen molar-refractivity contribution in [2.45, 2.75) is 32.6 Å². The van der Waals surface area contributed by atoms with Crippen molar-refractivity contribution in [2.24, 2.45) is 0 Å². The van der Waals surface area contributed by atoms with Gasteiger partial charge in [0.1, 0.15) is 5.82 Å². The molecule has 0 atom stereocenters. The summed E-state index contributed by atoms with van der Waals surface area (Å²) in [4.78, 5) is 17.5. The number of alkyl halides is 2. The molecule has 0 saturated heterocycles. The van der Waals surface area contributed by atoms with Crippen LogP contribution in [-0.2, 0) is 11.2 Å². The van der Waals surface area contributed by atoms with E-state index < -0.39 is 12.2 Å². The van der Waals surface area contributed by atoms with Crippen LogP contribution in [0.3, 0.4) is 0 Å². The van der Waals surface area contributed by atoms with Crippen LogP contribution in [0.1, 0.15) is 31.3 Å². The number of carbonyl (C=O) groups excluding carboxylic acids is 1. The van der Waals surface area contributed by atoms with Crippen LogP contribution in [0.25, 0.3) is 0 Å². The Kier molecular flexibility index (Phi) is 3.33. The number of halogens is 2. The van der Waals surface area contributed by atoms with Crippen molar-refractivity contribution in [3.8, 4) is 0 Å². The predicted octanol–water partition coefficient (Wildman–Crippen LogP) is 1.91. The van der Waals surface area contributed by atoms with E-state index in [9.17, 15) is 13.6 Å². The Balaban J connectivity index is 2.64. The molecule has 1 rings (SSSR count). The Labute approximate surface area is 80.5 Å². The van der Waals surface area contributed by atoms with Gasteiger partial charge in [-0.3, -0.25) is 4.79 Å². The maximum absolute atomic E-state index is 11.9. The lowest BCUT2D eigenvalue weighted by atomic mass is 10.2. The van der Waals surface area contributed by atoms with Crippen molar-refractivity contribution in [2.75, 3.05) is 0 Å². The van der Waals surface area contributed by atoms with E-state index in [1.807, 2.05) is 13.8 Å².